The number of primary amides is 1. The highest BCUT2D eigenvalue weighted by Gasteiger charge is 2.25. The van der Waals surface area contributed by atoms with Gasteiger partial charge in [0, 0.05) is 49.9 Å². The van der Waals surface area contributed by atoms with Gasteiger partial charge in [0.25, 0.3) is 0 Å². The first kappa shape index (κ1) is 27.6. The average Bonchev–Trinajstić information content (AvgIpc) is 3.51. The van der Waals surface area contributed by atoms with Gasteiger partial charge in [0.15, 0.2) is 0 Å². The molecule has 1 aliphatic rings. The van der Waals surface area contributed by atoms with E-state index in [0.29, 0.717) is 23.1 Å². The lowest BCUT2D eigenvalue weighted by Gasteiger charge is -2.19. The van der Waals surface area contributed by atoms with Gasteiger partial charge in [-0.05, 0) is 38.8 Å². The third-order valence-electron chi connectivity index (χ3n) is 5.60. The zero-order valence-electron chi connectivity index (χ0n) is 21.0. The molecule has 0 atom stereocenters. The number of hydrogen-bond acceptors (Lipinski definition) is 8. The summed E-state index contributed by atoms with van der Waals surface area (Å²) in [5.74, 6) is 1.06. The number of sulfonamides is 1. The Bertz CT molecular complexity index is 1230. The maximum atomic E-state index is 13.0. The number of carbonyl (C=O) groups is 1. The minimum atomic E-state index is -3.63. The Hall–Kier alpha value is -2.96. The van der Waals surface area contributed by atoms with Crippen LogP contribution in [0.3, 0.4) is 0 Å². The lowest BCUT2D eigenvalue weighted by Crippen LogP contribution is -2.23. The molecule has 1 aliphatic carbocycles. The van der Waals surface area contributed by atoms with E-state index in [1.165, 1.54) is 36.4 Å². The molecule has 0 aliphatic heterocycles. The van der Waals surface area contributed by atoms with Crippen molar-refractivity contribution in [1.29, 1.82) is 0 Å². The molecule has 0 bridgehead atoms. The number of amides is 1. The lowest BCUT2D eigenvalue weighted by molar-refractivity contribution is 0.125. The summed E-state index contributed by atoms with van der Waals surface area (Å²) in [6.45, 7) is 3.48. The van der Waals surface area contributed by atoms with Crippen LogP contribution < -0.4 is 11.1 Å². The number of carbonyl (C=O) groups excluding carboxylic acids is 1. The first-order valence-corrected chi connectivity index (χ1v) is 14.1. The third-order valence-corrected chi connectivity index (χ3v) is 8.64. The van der Waals surface area contributed by atoms with Gasteiger partial charge >= 0.3 is 6.09 Å². The molecule has 0 radical (unpaired) electrons. The molecule has 2 aromatic heterocycles. The summed E-state index contributed by atoms with van der Waals surface area (Å²) in [6.07, 6.45) is 10.5. The Morgan fingerprint density at radius 3 is 2.50 bits per heavy atom. The maximum absolute atomic E-state index is 13.0. The topological polar surface area (TPSA) is 143 Å². The highest BCUT2D eigenvalue weighted by molar-refractivity contribution is 7.89. The molecule has 4 N–H and O–H groups in total. The molecule has 1 saturated carbocycles. The predicted octanol–water partition coefficient (Wildman–Crippen LogP) is 5.06. The van der Waals surface area contributed by atoms with Gasteiger partial charge < -0.3 is 20.8 Å². The number of nitrogens with two attached hydrogens (primary N) is 1. The number of benzene rings is 1. The van der Waals surface area contributed by atoms with Crippen LogP contribution in [0, 0.1) is 0 Å². The van der Waals surface area contributed by atoms with Crippen LogP contribution in [-0.2, 0) is 14.8 Å². The van der Waals surface area contributed by atoms with Gasteiger partial charge in [-0.3, -0.25) is 0 Å². The van der Waals surface area contributed by atoms with Gasteiger partial charge in [0.05, 0.1) is 20.9 Å². The highest BCUT2D eigenvalue weighted by Crippen LogP contribution is 2.40. The molecule has 1 fully saturated rings. The number of aromatic nitrogens is 3. The van der Waals surface area contributed by atoms with Crippen molar-refractivity contribution in [2.45, 2.75) is 62.9 Å². The Labute approximate surface area is 216 Å². The normalized spacial score (nSPS) is 14.4. The number of nitrogens with one attached hydrogen (secondary N) is 2. The van der Waals surface area contributed by atoms with E-state index >= 15 is 0 Å². The fraction of sp³-hybridized carbons (Fsp3) is 0.458. The molecule has 1 amide bonds. The van der Waals surface area contributed by atoms with Crippen LogP contribution >= 0.6 is 11.3 Å². The summed E-state index contributed by atoms with van der Waals surface area (Å²) in [6, 6.07) is 5.37. The summed E-state index contributed by atoms with van der Waals surface area (Å²) in [5.41, 5.74) is 5.97. The molecular formula is C24H34N6O4S2. The molecule has 1 aromatic carbocycles. The molecule has 196 valence electrons. The van der Waals surface area contributed by atoms with Crippen LogP contribution in [0.2, 0.25) is 0 Å². The molecule has 3 aromatic rings. The van der Waals surface area contributed by atoms with E-state index in [-0.39, 0.29) is 11.0 Å². The minimum Gasteiger partial charge on any atom is -0.447 e. The average molecular weight is 535 g/mol. The van der Waals surface area contributed by atoms with E-state index in [4.69, 9.17) is 0 Å². The monoisotopic (exact) mass is 534 g/mol. The number of nitrogens with zero attached hydrogens (tertiary/aromatic N) is 3. The van der Waals surface area contributed by atoms with Crippen LogP contribution in [0.1, 0.15) is 56.9 Å². The van der Waals surface area contributed by atoms with Gasteiger partial charge in [-0.2, -0.15) is 0 Å². The van der Waals surface area contributed by atoms with Gasteiger partial charge in [0.2, 0.25) is 16.0 Å². The number of ether oxygens (including phenoxy) is 1. The van der Waals surface area contributed by atoms with Crippen molar-refractivity contribution in [1.82, 2.24) is 19.3 Å². The first-order valence-electron chi connectivity index (χ1n) is 11.8. The van der Waals surface area contributed by atoms with Crippen LogP contribution in [0.5, 0.6) is 0 Å². The van der Waals surface area contributed by atoms with Gasteiger partial charge in [0.1, 0.15) is 0 Å². The van der Waals surface area contributed by atoms with E-state index in [2.05, 4.69) is 30.7 Å². The largest absolute Gasteiger partial charge is 0.447 e. The number of thiazole rings is 1. The Morgan fingerprint density at radius 2 is 1.94 bits per heavy atom. The molecule has 0 unspecified atom stereocenters. The van der Waals surface area contributed by atoms with E-state index < -0.39 is 16.1 Å². The van der Waals surface area contributed by atoms with E-state index in [1.54, 1.807) is 57.7 Å². The second-order valence-corrected chi connectivity index (χ2v) is 12.1. The fourth-order valence-electron chi connectivity index (χ4n) is 3.87. The molecular weight excluding hydrogens is 500 g/mol. The van der Waals surface area contributed by atoms with Crippen molar-refractivity contribution >= 4 is 39.1 Å². The summed E-state index contributed by atoms with van der Waals surface area (Å²) in [7, 11) is -0.536. The summed E-state index contributed by atoms with van der Waals surface area (Å²) in [5, 5.41) is 4.23. The quantitative estimate of drug-likeness (QED) is 0.384. The standard InChI is InChI=1S/C20H25N5O2S2.C4H9NO2/c1-25(2)29(26,27)18-12-15(24-20-21-10-11-22-20)8-9-16(18)17-13-23-19(28-17)14-6-4-3-5-7-14;1-3(2)7-4(5)6/h8-14H,3-7H2,1-2H3,(H2,21,22,24);3H,1-2H3,(H2,5,6). The number of imidazole rings is 1. The van der Waals surface area contributed by atoms with Crippen molar-refractivity contribution in [2.24, 2.45) is 5.73 Å². The van der Waals surface area contributed by atoms with Crippen LogP contribution in [0.4, 0.5) is 16.4 Å². The lowest BCUT2D eigenvalue weighted by atomic mass is 9.90. The number of H-pyrrole nitrogens is 1. The van der Waals surface area contributed by atoms with Crippen LogP contribution in [-0.4, -0.2) is 54.0 Å². The van der Waals surface area contributed by atoms with Gasteiger partial charge in [-0.25, -0.2) is 27.5 Å². The third kappa shape index (κ3) is 7.28. The van der Waals surface area contributed by atoms with Crippen LogP contribution in [0.15, 0.2) is 41.7 Å². The van der Waals surface area contributed by atoms with Crippen molar-refractivity contribution < 1.29 is 17.9 Å². The highest BCUT2D eigenvalue weighted by atomic mass is 32.2. The Kier molecular flexibility index (Phi) is 9.46. The van der Waals surface area contributed by atoms with Crippen LogP contribution in [0.25, 0.3) is 10.4 Å². The Balaban J connectivity index is 0.000000454. The van der Waals surface area contributed by atoms with E-state index in [9.17, 15) is 13.2 Å². The van der Waals surface area contributed by atoms with Crippen molar-refractivity contribution in [3.05, 3.63) is 41.8 Å². The number of aromatic amines is 1. The number of rotatable bonds is 7. The van der Waals surface area contributed by atoms with Crippen molar-refractivity contribution in [3.63, 3.8) is 0 Å². The molecule has 10 nitrogen and oxygen atoms in total. The smallest absolute Gasteiger partial charge is 0.404 e. The summed E-state index contributed by atoms with van der Waals surface area (Å²) < 4.78 is 31.7. The second-order valence-electron chi connectivity index (χ2n) is 8.94. The van der Waals surface area contributed by atoms with Gasteiger partial charge in [-0.1, -0.05) is 25.3 Å². The van der Waals surface area contributed by atoms with Gasteiger partial charge in [-0.15, -0.1) is 11.3 Å². The maximum Gasteiger partial charge on any atom is 0.404 e. The number of hydrogen-bond donors (Lipinski definition) is 3. The Morgan fingerprint density at radius 1 is 1.22 bits per heavy atom. The SMILES string of the molecule is CC(C)OC(N)=O.CN(C)S(=O)(=O)c1cc(Nc2ncc[nH]2)ccc1-c1cnc(C2CCCCC2)s1. The van der Waals surface area contributed by atoms with E-state index in [1.807, 2.05) is 18.3 Å². The summed E-state index contributed by atoms with van der Waals surface area (Å²) in [4.78, 5) is 22.7. The fourth-order valence-corrected chi connectivity index (χ4v) is 6.18. The molecule has 12 heteroatoms. The zero-order chi connectivity index (χ0) is 26.3. The zero-order valence-corrected chi connectivity index (χ0v) is 22.7. The molecule has 0 spiro atoms. The number of anilines is 2. The molecule has 2 heterocycles. The minimum absolute atomic E-state index is 0.0995. The van der Waals surface area contributed by atoms with Crippen molar-refractivity contribution in [2.75, 3.05) is 19.4 Å². The predicted molar refractivity (Wildman–Crippen MR) is 142 cm³/mol. The first-order chi connectivity index (χ1) is 17.1. The van der Waals surface area contributed by atoms with E-state index in [0.717, 1.165) is 9.88 Å². The molecule has 36 heavy (non-hydrogen) atoms. The summed E-state index contributed by atoms with van der Waals surface area (Å²) >= 11 is 1.61. The molecule has 0 saturated heterocycles. The second kappa shape index (κ2) is 12.3. The van der Waals surface area contributed by atoms with Crippen molar-refractivity contribution in [3.8, 4) is 10.4 Å². The molecule has 4 rings (SSSR count).